The van der Waals surface area contributed by atoms with Crippen molar-refractivity contribution in [3.63, 3.8) is 0 Å². The van der Waals surface area contributed by atoms with Gasteiger partial charge in [0.2, 0.25) is 0 Å². The second-order valence-electron chi connectivity index (χ2n) is 3.96. The van der Waals surface area contributed by atoms with E-state index in [1.165, 1.54) is 11.8 Å². The molecule has 0 bridgehead atoms. The Kier molecular flexibility index (Phi) is 4.21. The SMILES string of the molecule is CCOC(=O)[C@]1(C(C)C)N[C@H](C(=O)O)CS1. The van der Waals surface area contributed by atoms with Gasteiger partial charge in [0.25, 0.3) is 0 Å². The van der Waals surface area contributed by atoms with Crippen molar-refractivity contribution in [3.05, 3.63) is 0 Å². The number of thioether (sulfide) groups is 1. The number of carbonyl (C=O) groups excluding carboxylic acids is 1. The van der Waals surface area contributed by atoms with Gasteiger partial charge in [-0.2, -0.15) is 0 Å². The minimum absolute atomic E-state index is 0.0269. The lowest BCUT2D eigenvalue weighted by Gasteiger charge is -2.30. The van der Waals surface area contributed by atoms with E-state index in [1.54, 1.807) is 6.92 Å². The topological polar surface area (TPSA) is 75.6 Å². The summed E-state index contributed by atoms with van der Waals surface area (Å²) in [6.07, 6.45) is 0. The highest BCUT2D eigenvalue weighted by Gasteiger charge is 2.51. The number of hydrogen-bond acceptors (Lipinski definition) is 5. The van der Waals surface area contributed by atoms with Crippen LogP contribution in [-0.2, 0) is 14.3 Å². The number of aliphatic carboxylic acids is 1. The van der Waals surface area contributed by atoms with Crippen LogP contribution < -0.4 is 5.32 Å². The third-order valence-electron chi connectivity index (χ3n) is 2.56. The Morgan fingerprint density at radius 3 is 2.62 bits per heavy atom. The quantitative estimate of drug-likeness (QED) is 0.712. The molecule has 0 aliphatic carbocycles. The largest absolute Gasteiger partial charge is 0.480 e. The van der Waals surface area contributed by atoms with Gasteiger partial charge in [-0.1, -0.05) is 13.8 Å². The first-order chi connectivity index (χ1) is 7.44. The Balaban J connectivity index is 2.84. The Bertz CT molecular complexity index is 295. The summed E-state index contributed by atoms with van der Waals surface area (Å²) in [5, 5.41) is 11.8. The molecule has 92 valence electrons. The molecule has 0 unspecified atom stereocenters. The lowest BCUT2D eigenvalue weighted by Crippen LogP contribution is -2.54. The minimum atomic E-state index is -0.931. The van der Waals surface area contributed by atoms with Crippen LogP contribution in [-0.4, -0.2) is 40.3 Å². The third-order valence-corrected chi connectivity index (χ3v) is 4.27. The van der Waals surface area contributed by atoms with Crippen LogP contribution in [0, 0.1) is 5.92 Å². The number of carboxylic acid groups (broad SMARTS) is 1. The van der Waals surface area contributed by atoms with E-state index < -0.39 is 16.9 Å². The summed E-state index contributed by atoms with van der Waals surface area (Å²) in [6, 6.07) is -0.684. The van der Waals surface area contributed by atoms with Gasteiger partial charge in [-0.15, -0.1) is 11.8 Å². The van der Waals surface area contributed by atoms with Crippen molar-refractivity contribution in [1.29, 1.82) is 0 Å². The number of esters is 1. The van der Waals surface area contributed by atoms with Gasteiger partial charge in [0, 0.05) is 5.75 Å². The molecule has 1 aliphatic heterocycles. The monoisotopic (exact) mass is 247 g/mol. The van der Waals surface area contributed by atoms with Gasteiger partial charge >= 0.3 is 11.9 Å². The van der Waals surface area contributed by atoms with E-state index in [9.17, 15) is 9.59 Å². The number of rotatable bonds is 4. The normalized spacial score (nSPS) is 29.4. The van der Waals surface area contributed by atoms with Crippen LogP contribution in [0.2, 0.25) is 0 Å². The van der Waals surface area contributed by atoms with E-state index in [0.29, 0.717) is 12.4 Å². The summed E-state index contributed by atoms with van der Waals surface area (Å²) in [4.78, 5) is 21.8. The van der Waals surface area contributed by atoms with Crippen molar-refractivity contribution >= 4 is 23.7 Å². The molecule has 2 atom stereocenters. The van der Waals surface area contributed by atoms with Crippen molar-refractivity contribution in [1.82, 2.24) is 5.32 Å². The predicted molar refractivity (Wildman–Crippen MR) is 61.2 cm³/mol. The van der Waals surface area contributed by atoms with E-state index in [-0.39, 0.29) is 11.9 Å². The first kappa shape index (κ1) is 13.3. The van der Waals surface area contributed by atoms with Gasteiger partial charge in [-0.05, 0) is 12.8 Å². The average Bonchev–Trinajstić information content (AvgIpc) is 2.63. The van der Waals surface area contributed by atoms with Gasteiger partial charge < -0.3 is 9.84 Å². The summed E-state index contributed by atoms with van der Waals surface area (Å²) in [7, 11) is 0. The third kappa shape index (κ3) is 2.32. The summed E-state index contributed by atoms with van der Waals surface area (Å²) in [6.45, 7) is 5.79. The molecule has 0 radical (unpaired) electrons. The molecule has 1 rings (SSSR count). The van der Waals surface area contributed by atoms with E-state index >= 15 is 0 Å². The average molecular weight is 247 g/mol. The molecule has 0 aromatic rings. The Morgan fingerprint density at radius 1 is 1.62 bits per heavy atom. The molecule has 6 heteroatoms. The van der Waals surface area contributed by atoms with Gasteiger partial charge in [-0.3, -0.25) is 10.1 Å². The minimum Gasteiger partial charge on any atom is -0.480 e. The number of nitrogens with one attached hydrogen (secondary N) is 1. The van der Waals surface area contributed by atoms with Crippen LogP contribution in [0.5, 0.6) is 0 Å². The van der Waals surface area contributed by atoms with E-state index in [1.807, 2.05) is 13.8 Å². The Labute approximate surface area is 98.9 Å². The second kappa shape index (κ2) is 5.05. The van der Waals surface area contributed by atoms with Crippen molar-refractivity contribution in [2.45, 2.75) is 31.7 Å². The molecule has 1 fully saturated rings. The van der Waals surface area contributed by atoms with Crippen molar-refractivity contribution < 1.29 is 19.4 Å². The maximum atomic E-state index is 11.9. The highest BCUT2D eigenvalue weighted by atomic mass is 32.2. The molecule has 2 N–H and O–H groups in total. The molecular formula is C10H17NO4S. The van der Waals surface area contributed by atoms with Crippen molar-refractivity contribution in [3.8, 4) is 0 Å². The predicted octanol–water partition coefficient (Wildman–Crippen LogP) is 0.691. The molecule has 16 heavy (non-hydrogen) atoms. The summed E-state index contributed by atoms with van der Waals surface area (Å²) in [5.74, 6) is -0.953. The molecule has 1 heterocycles. The molecule has 0 aromatic carbocycles. The highest BCUT2D eigenvalue weighted by molar-refractivity contribution is 8.01. The maximum absolute atomic E-state index is 11.9. The summed E-state index contributed by atoms with van der Waals surface area (Å²) >= 11 is 1.32. The van der Waals surface area contributed by atoms with Crippen LogP contribution in [0.15, 0.2) is 0 Å². The molecule has 0 saturated carbocycles. The molecule has 1 saturated heterocycles. The number of carboxylic acids is 1. The van der Waals surface area contributed by atoms with E-state index in [0.717, 1.165) is 0 Å². The molecule has 5 nitrogen and oxygen atoms in total. The van der Waals surface area contributed by atoms with Crippen molar-refractivity contribution in [2.75, 3.05) is 12.4 Å². The van der Waals surface area contributed by atoms with E-state index in [2.05, 4.69) is 5.32 Å². The van der Waals surface area contributed by atoms with E-state index in [4.69, 9.17) is 9.84 Å². The smallest absolute Gasteiger partial charge is 0.337 e. The van der Waals surface area contributed by atoms with Crippen LogP contribution in [0.25, 0.3) is 0 Å². The lowest BCUT2D eigenvalue weighted by molar-refractivity contribution is -0.149. The molecular weight excluding hydrogens is 230 g/mol. The van der Waals surface area contributed by atoms with Gasteiger partial charge in [-0.25, -0.2) is 4.79 Å². The second-order valence-corrected chi connectivity index (χ2v) is 5.22. The molecule has 0 aromatic heterocycles. The Morgan fingerprint density at radius 2 is 2.25 bits per heavy atom. The number of carbonyl (C=O) groups is 2. The Hall–Kier alpha value is -0.750. The van der Waals surface area contributed by atoms with Crippen LogP contribution in [0.3, 0.4) is 0 Å². The fraction of sp³-hybridized carbons (Fsp3) is 0.800. The maximum Gasteiger partial charge on any atom is 0.337 e. The van der Waals surface area contributed by atoms with Gasteiger partial charge in [0.05, 0.1) is 6.61 Å². The number of ether oxygens (including phenoxy) is 1. The summed E-state index contributed by atoms with van der Waals surface area (Å²) < 4.78 is 5.00. The van der Waals surface area contributed by atoms with Gasteiger partial charge in [0.1, 0.15) is 6.04 Å². The molecule has 0 amide bonds. The zero-order valence-electron chi connectivity index (χ0n) is 9.65. The lowest BCUT2D eigenvalue weighted by atomic mass is 10.0. The first-order valence-electron chi connectivity index (χ1n) is 5.25. The zero-order valence-corrected chi connectivity index (χ0v) is 10.5. The first-order valence-corrected chi connectivity index (χ1v) is 6.24. The number of hydrogen-bond donors (Lipinski definition) is 2. The molecule has 0 spiro atoms. The fourth-order valence-corrected chi connectivity index (χ4v) is 3.01. The van der Waals surface area contributed by atoms with Crippen LogP contribution >= 0.6 is 11.8 Å². The standard InChI is InChI=1S/C10H17NO4S/c1-4-15-9(14)10(6(2)3)11-7(5-16-10)8(12)13/h6-7,11H,4-5H2,1-3H3,(H,12,13)/t7-,10+/m0/s1. The highest BCUT2D eigenvalue weighted by Crippen LogP contribution is 2.38. The zero-order chi connectivity index (χ0) is 12.3. The summed E-state index contributed by atoms with van der Waals surface area (Å²) in [5.41, 5.74) is 0. The van der Waals surface area contributed by atoms with Gasteiger partial charge in [0.15, 0.2) is 4.87 Å². The van der Waals surface area contributed by atoms with Crippen LogP contribution in [0.1, 0.15) is 20.8 Å². The van der Waals surface area contributed by atoms with Crippen molar-refractivity contribution in [2.24, 2.45) is 5.92 Å². The van der Waals surface area contributed by atoms with Crippen LogP contribution in [0.4, 0.5) is 0 Å². The molecule has 1 aliphatic rings. The fourth-order valence-electron chi connectivity index (χ4n) is 1.62.